The second-order valence-electron chi connectivity index (χ2n) is 12.8. The summed E-state index contributed by atoms with van der Waals surface area (Å²) in [7, 11) is 0. The summed E-state index contributed by atoms with van der Waals surface area (Å²) < 4.78 is 0. The predicted octanol–water partition coefficient (Wildman–Crippen LogP) is 13.4. The summed E-state index contributed by atoms with van der Waals surface area (Å²) in [5.74, 6) is 0.698. The Kier molecular flexibility index (Phi) is 18.2. The molecule has 0 fully saturated rings. The Bertz CT molecular complexity index is 1950. The monoisotopic (exact) mass is 718 g/mol. The first-order valence-corrected chi connectivity index (χ1v) is 19.8. The zero-order valence-electron chi connectivity index (χ0n) is 34.2. The van der Waals surface area contributed by atoms with Crippen LogP contribution in [0.4, 0.5) is 0 Å². The zero-order valence-corrected chi connectivity index (χ0v) is 34.2. The van der Waals surface area contributed by atoms with Crippen LogP contribution in [0, 0.1) is 0 Å². The van der Waals surface area contributed by atoms with Crippen LogP contribution in [0.1, 0.15) is 120 Å². The quantitative estimate of drug-likeness (QED) is 0.117. The molecule has 282 valence electrons. The summed E-state index contributed by atoms with van der Waals surface area (Å²) >= 11 is 0. The molecule has 3 aliphatic rings. The number of hydrogen-bond acceptors (Lipinski definition) is 3. The first-order chi connectivity index (χ1) is 26.5. The van der Waals surface area contributed by atoms with E-state index in [4.69, 9.17) is 0 Å². The van der Waals surface area contributed by atoms with Gasteiger partial charge in [0, 0.05) is 18.0 Å². The van der Waals surface area contributed by atoms with E-state index < -0.39 is 0 Å². The van der Waals surface area contributed by atoms with Gasteiger partial charge in [0.2, 0.25) is 0 Å². The molecular weight excluding hydrogens is 657 g/mol. The lowest BCUT2D eigenvalue weighted by atomic mass is 9.66. The smallest absolute Gasteiger partial charge is 0.153 e. The van der Waals surface area contributed by atoms with E-state index in [-0.39, 0.29) is 5.41 Å². The topological polar surface area (TPSA) is 50.0 Å². The van der Waals surface area contributed by atoms with Gasteiger partial charge in [-0.15, -0.1) is 0 Å². The minimum absolute atomic E-state index is 0.275. The van der Waals surface area contributed by atoms with Gasteiger partial charge in [-0.05, 0) is 146 Å². The fourth-order valence-corrected chi connectivity index (χ4v) is 7.28. The van der Waals surface area contributed by atoms with Crippen LogP contribution in [-0.4, -0.2) is 24.3 Å². The van der Waals surface area contributed by atoms with Crippen molar-refractivity contribution in [1.29, 1.82) is 0 Å². The van der Waals surface area contributed by atoms with Crippen LogP contribution in [0.2, 0.25) is 0 Å². The van der Waals surface area contributed by atoms with Gasteiger partial charge in [-0.1, -0.05) is 120 Å². The molecule has 3 aromatic rings. The van der Waals surface area contributed by atoms with E-state index in [1.807, 2.05) is 72.2 Å². The van der Waals surface area contributed by atoms with Gasteiger partial charge in [0.1, 0.15) is 0 Å². The molecule has 0 amide bonds. The molecule has 6 rings (SSSR count). The van der Waals surface area contributed by atoms with Gasteiger partial charge in [0.05, 0.1) is 18.5 Å². The molecule has 54 heavy (non-hydrogen) atoms. The number of pyridine rings is 1. The van der Waals surface area contributed by atoms with Crippen molar-refractivity contribution in [2.24, 2.45) is 15.0 Å². The number of hydrogen-bond donors (Lipinski definition) is 0. The van der Waals surface area contributed by atoms with Gasteiger partial charge in [-0.25, -0.2) is 4.99 Å². The molecule has 1 unspecified atom stereocenters. The molecule has 0 saturated carbocycles. The Balaban J connectivity index is 0.000000278. The van der Waals surface area contributed by atoms with Crippen LogP contribution in [0.5, 0.6) is 0 Å². The predicted molar refractivity (Wildman–Crippen MR) is 239 cm³/mol. The second-order valence-corrected chi connectivity index (χ2v) is 12.8. The second kappa shape index (κ2) is 22.8. The number of nitrogens with zero attached hydrogens (tertiary/aromatic N) is 4. The average molecular weight is 719 g/mol. The first kappa shape index (κ1) is 43.2. The summed E-state index contributed by atoms with van der Waals surface area (Å²) in [4.78, 5) is 17.0. The maximum Gasteiger partial charge on any atom is 0.153 e. The third-order valence-corrected chi connectivity index (χ3v) is 9.67. The molecule has 2 aromatic carbocycles. The van der Waals surface area contributed by atoms with Gasteiger partial charge >= 0.3 is 0 Å². The number of aliphatic imine (C=N–C) groups is 3. The Morgan fingerprint density at radius 1 is 0.870 bits per heavy atom. The first-order valence-electron chi connectivity index (χ1n) is 19.8. The Morgan fingerprint density at radius 2 is 1.59 bits per heavy atom. The standard InChI is InChI=1S/C27H28N2.C19H22N2.2C2H6/c1-4-5-11-24-20(2)27(22-9-7-6-8-10-22,23-14-16-29-17-15-23)26-13-12-21(19-28-3)18-25(24)26;1-4-8-16(5-2)19(20-3)21-14-15-11-12-17-9-6-7-10-18(17)13-15;2*1-2/h5,7,9-18H,3-4,6,8,19H2,1-2H3;4-5,7-8,10-13H,3,6,9,14H2,1-2H3;2*1-2H3/b11-5-;8-4-,16-5+,21-19?;;. The summed E-state index contributed by atoms with van der Waals surface area (Å²) in [6, 6.07) is 17.7. The fraction of sp³-hybridized carbons (Fsp3) is 0.320. The van der Waals surface area contributed by atoms with Crippen LogP contribution in [-0.2, 0) is 24.9 Å². The van der Waals surface area contributed by atoms with Crippen molar-refractivity contribution < 1.29 is 0 Å². The van der Waals surface area contributed by atoms with E-state index in [1.165, 1.54) is 55.7 Å². The molecule has 1 heterocycles. The van der Waals surface area contributed by atoms with Gasteiger partial charge in [0.25, 0.3) is 0 Å². The normalized spacial score (nSPS) is 17.4. The molecule has 0 spiro atoms. The highest BCUT2D eigenvalue weighted by Crippen LogP contribution is 2.55. The lowest BCUT2D eigenvalue weighted by molar-refractivity contribution is 0.726. The summed E-state index contributed by atoms with van der Waals surface area (Å²) in [5.41, 5.74) is 13.9. The molecule has 1 aromatic heterocycles. The van der Waals surface area contributed by atoms with E-state index >= 15 is 0 Å². The number of rotatable bonds is 10. The van der Waals surface area contributed by atoms with Gasteiger partial charge in [0.15, 0.2) is 5.84 Å². The van der Waals surface area contributed by atoms with Crippen LogP contribution in [0.3, 0.4) is 0 Å². The van der Waals surface area contributed by atoms with E-state index in [2.05, 4.69) is 138 Å². The number of amidine groups is 1. The van der Waals surface area contributed by atoms with Crippen molar-refractivity contribution >= 4 is 30.9 Å². The van der Waals surface area contributed by atoms with Crippen molar-refractivity contribution in [3.63, 3.8) is 0 Å². The van der Waals surface area contributed by atoms with Crippen molar-refractivity contribution in [1.82, 2.24) is 4.98 Å². The number of allylic oxidation sites excluding steroid dienone is 11. The maximum atomic E-state index is 4.60. The SMILES string of the molecule is C=NC(=NCc1ccc2c(c1)C=CCC2)C(/C=C\C)=C/C.C=NCc1ccc2c(c1)C(/C=C\CC)=C(C)C2(C1=CCCC=C1)c1ccncc1.CC.CC. The minimum Gasteiger partial charge on any atom is -0.296 e. The lowest BCUT2D eigenvalue weighted by Crippen LogP contribution is -2.30. The molecule has 0 saturated heterocycles. The molecule has 1 atom stereocenters. The highest BCUT2D eigenvalue weighted by molar-refractivity contribution is 6.03. The molecule has 0 N–H and O–H groups in total. The molecule has 4 nitrogen and oxygen atoms in total. The maximum absolute atomic E-state index is 4.60. The van der Waals surface area contributed by atoms with E-state index in [1.54, 1.807) is 0 Å². The van der Waals surface area contributed by atoms with Gasteiger partial charge in [-0.2, -0.15) is 0 Å². The van der Waals surface area contributed by atoms with E-state index in [9.17, 15) is 0 Å². The molecular formula is C50H62N4. The third kappa shape index (κ3) is 10.0. The lowest BCUT2D eigenvalue weighted by Gasteiger charge is -2.36. The number of fused-ring (bicyclic) bond motifs is 2. The van der Waals surface area contributed by atoms with Crippen molar-refractivity contribution in [2.45, 2.75) is 106 Å². The van der Waals surface area contributed by atoms with Crippen LogP contribution in [0.25, 0.3) is 11.6 Å². The minimum atomic E-state index is -0.275. The van der Waals surface area contributed by atoms with E-state index in [0.717, 1.165) is 37.7 Å². The molecule has 4 heteroatoms. The fourth-order valence-electron chi connectivity index (χ4n) is 7.28. The molecule has 0 bridgehead atoms. The highest BCUT2D eigenvalue weighted by Gasteiger charge is 2.46. The van der Waals surface area contributed by atoms with Crippen LogP contribution >= 0.6 is 0 Å². The average Bonchev–Trinajstić information content (AvgIpc) is 3.48. The Morgan fingerprint density at radius 3 is 2.24 bits per heavy atom. The third-order valence-electron chi connectivity index (χ3n) is 9.67. The van der Waals surface area contributed by atoms with Crippen LogP contribution in [0.15, 0.2) is 147 Å². The van der Waals surface area contributed by atoms with Crippen molar-refractivity contribution in [2.75, 3.05) is 0 Å². The molecule has 0 radical (unpaired) electrons. The van der Waals surface area contributed by atoms with Crippen molar-refractivity contribution in [3.05, 3.63) is 171 Å². The Labute approximate surface area is 327 Å². The summed E-state index contributed by atoms with van der Waals surface area (Å²) in [6.07, 6.45) is 31.3. The summed E-state index contributed by atoms with van der Waals surface area (Å²) in [5, 5.41) is 0. The van der Waals surface area contributed by atoms with E-state index in [0.29, 0.717) is 18.9 Å². The highest BCUT2D eigenvalue weighted by atomic mass is 14.9. The zero-order chi connectivity index (χ0) is 39.3. The molecule has 3 aliphatic carbocycles. The number of aryl methyl sites for hydroxylation is 1. The van der Waals surface area contributed by atoms with Gasteiger partial charge in [-0.3, -0.25) is 15.0 Å². The number of benzene rings is 2. The molecule has 0 aliphatic heterocycles. The largest absolute Gasteiger partial charge is 0.296 e. The van der Waals surface area contributed by atoms with Crippen molar-refractivity contribution in [3.8, 4) is 0 Å². The Hall–Kier alpha value is -5.22. The van der Waals surface area contributed by atoms with Gasteiger partial charge < -0.3 is 0 Å². The number of aromatic nitrogens is 1. The van der Waals surface area contributed by atoms with Crippen LogP contribution < -0.4 is 0 Å². The summed E-state index contributed by atoms with van der Waals surface area (Å²) in [6.45, 7) is 25.0.